The molecule has 10 heteroatoms. The van der Waals surface area contributed by atoms with Gasteiger partial charge in [-0.1, -0.05) is 29.8 Å². The van der Waals surface area contributed by atoms with Crippen molar-refractivity contribution in [2.24, 2.45) is 0 Å². The van der Waals surface area contributed by atoms with Gasteiger partial charge in [0.15, 0.2) is 5.58 Å². The smallest absolute Gasteiger partial charge is 0.408 e. The van der Waals surface area contributed by atoms with Crippen LogP contribution in [-0.2, 0) is 16.0 Å². The molecular weight excluding hydrogens is 518 g/mol. The van der Waals surface area contributed by atoms with Crippen LogP contribution in [-0.4, -0.2) is 59.8 Å². The highest BCUT2D eigenvalue weighted by molar-refractivity contribution is 6.38. The van der Waals surface area contributed by atoms with Gasteiger partial charge < -0.3 is 24.9 Å². The van der Waals surface area contributed by atoms with Gasteiger partial charge >= 0.3 is 5.76 Å². The summed E-state index contributed by atoms with van der Waals surface area (Å²) in [7, 11) is 2.06. The van der Waals surface area contributed by atoms with E-state index in [9.17, 15) is 14.4 Å². The van der Waals surface area contributed by atoms with Crippen LogP contribution in [0.3, 0.4) is 0 Å². The molecule has 0 atom stereocenters. The van der Waals surface area contributed by atoms with Gasteiger partial charge in [-0.15, -0.1) is 0 Å². The molecule has 2 amide bonds. The number of anilines is 2. The molecule has 1 fully saturated rings. The van der Waals surface area contributed by atoms with Gasteiger partial charge in [0.2, 0.25) is 5.91 Å². The Balaban J connectivity index is 1.33. The summed E-state index contributed by atoms with van der Waals surface area (Å²) in [6.45, 7) is 3.25. The molecule has 0 unspecified atom stereocenters. The highest BCUT2D eigenvalue weighted by Crippen LogP contribution is 2.39. The maximum Gasteiger partial charge on any atom is 0.417 e. The van der Waals surface area contributed by atoms with Crippen molar-refractivity contribution in [1.29, 1.82) is 0 Å². The van der Waals surface area contributed by atoms with Crippen LogP contribution in [0.25, 0.3) is 22.4 Å². The summed E-state index contributed by atoms with van der Waals surface area (Å²) in [5.74, 6) is -0.707. The number of piperazine rings is 1. The SMILES string of the molecule is CN1CCN(C(=O)Cc2ccc(N/C(=C3\C(=O)Nc4cc(Cl)ccc43)c3ccc4oc(=O)[nH]c4c3)cc2)CC1. The molecule has 9 nitrogen and oxygen atoms in total. The number of benzene rings is 3. The predicted molar refractivity (Wildman–Crippen MR) is 152 cm³/mol. The topological polar surface area (TPSA) is 111 Å². The number of likely N-dealkylation sites (N-methyl/N-ethyl adjacent to an activating group) is 1. The standard InChI is InChI=1S/C29H26ClN5O4/c1-34-10-12-35(13-11-34)25(36)14-17-2-6-20(7-3-17)31-27(18-4-9-24-23(15-18)33-29(38)39-24)26-21-8-5-19(30)16-22(21)32-28(26)37/h2-9,15-16,31H,10-14H2,1H3,(H,32,37)(H,33,38)/b27-26-. The van der Waals surface area contributed by atoms with E-state index in [-0.39, 0.29) is 11.8 Å². The van der Waals surface area contributed by atoms with E-state index in [4.69, 9.17) is 16.0 Å². The van der Waals surface area contributed by atoms with E-state index in [1.807, 2.05) is 29.2 Å². The summed E-state index contributed by atoms with van der Waals surface area (Å²) in [6, 6.07) is 18.1. The molecule has 1 saturated heterocycles. The molecule has 2 aliphatic rings. The Hall–Kier alpha value is -4.34. The van der Waals surface area contributed by atoms with Gasteiger partial charge in [0, 0.05) is 48.0 Å². The number of amides is 2. The number of hydrogen-bond donors (Lipinski definition) is 3. The first-order valence-corrected chi connectivity index (χ1v) is 13.0. The number of fused-ring (bicyclic) bond motifs is 2. The molecule has 3 aromatic carbocycles. The fraction of sp³-hybridized carbons (Fsp3) is 0.207. The van der Waals surface area contributed by atoms with Crippen molar-refractivity contribution in [1.82, 2.24) is 14.8 Å². The molecule has 0 bridgehead atoms. The molecular formula is C29H26ClN5O4. The molecule has 0 radical (unpaired) electrons. The number of aromatic nitrogens is 1. The number of oxazole rings is 1. The number of rotatable bonds is 5. The second-order valence-electron chi connectivity index (χ2n) is 9.80. The maximum atomic E-state index is 13.2. The van der Waals surface area contributed by atoms with Crippen molar-refractivity contribution in [3.8, 4) is 0 Å². The molecule has 3 heterocycles. The minimum absolute atomic E-state index is 0.118. The molecule has 3 N–H and O–H groups in total. The minimum atomic E-state index is -0.551. The molecule has 198 valence electrons. The van der Waals surface area contributed by atoms with E-state index in [1.54, 1.807) is 36.4 Å². The van der Waals surface area contributed by atoms with Crippen molar-refractivity contribution < 1.29 is 14.0 Å². The number of aromatic amines is 1. The molecule has 4 aromatic rings. The van der Waals surface area contributed by atoms with E-state index >= 15 is 0 Å². The number of halogens is 1. The summed E-state index contributed by atoms with van der Waals surface area (Å²) in [6.07, 6.45) is 0.332. The quantitative estimate of drug-likeness (QED) is 0.328. The van der Waals surface area contributed by atoms with Crippen LogP contribution in [0.2, 0.25) is 5.02 Å². The highest BCUT2D eigenvalue weighted by atomic mass is 35.5. The lowest BCUT2D eigenvalue weighted by Gasteiger charge is -2.32. The third-order valence-electron chi connectivity index (χ3n) is 7.12. The van der Waals surface area contributed by atoms with Crippen LogP contribution in [0.5, 0.6) is 0 Å². The molecule has 2 aliphatic heterocycles. The third kappa shape index (κ3) is 5.06. The van der Waals surface area contributed by atoms with E-state index in [1.165, 1.54) is 0 Å². The molecule has 0 aliphatic carbocycles. The lowest BCUT2D eigenvalue weighted by molar-refractivity contribution is -0.132. The second kappa shape index (κ2) is 10.1. The van der Waals surface area contributed by atoms with Gasteiger partial charge in [-0.3, -0.25) is 14.6 Å². The van der Waals surface area contributed by atoms with Crippen molar-refractivity contribution in [2.75, 3.05) is 43.9 Å². The Labute approximate surface area is 229 Å². The predicted octanol–water partition coefficient (Wildman–Crippen LogP) is 4.02. The van der Waals surface area contributed by atoms with Crippen LogP contribution in [0.15, 0.2) is 69.9 Å². The Kier molecular flexibility index (Phi) is 6.46. The Morgan fingerprint density at radius 2 is 1.77 bits per heavy atom. The zero-order valence-electron chi connectivity index (χ0n) is 21.2. The Morgan fingerprint density at radius 3 is 2.54 bits per heavy atom. The van der Waals surface area contributed by atoms with Crippen LogP contribution in [0.1, 0.15) is 16.7 Å². The Bertz CT molecular complexity index is 1680. The van der Waals surface area contributed by atoms with Crippen LogP contribution in [0, 0.1) is 0 Å². The summed E-state index contributed by atoms with van der Waals surface area (Å²) in [5.41, 5.74) is 5.61. The van der Waals surface area contributed by atoms with Crippen molar-refractivity contribution in [2.45, 2.75) is 6.42 Å². The summed E-state index contributed by atoms with van der Waals surface area (Å²) < 4.78 is 5.16. The average molecular weight is 544 g/mol. The normalized spacial score (nSPS) is 16.8. The maximum absolute atomic E-state index is 13.2. The molecule has 0 spiro atoms. The first kappa shape index (κ1) is 25.0. The van der Waals surface area contributed by atoms with E-state index in [0.717, 1.165) is 37.4 Å². The van der Waals surface area contributed by atoms with Crippen molar-refractivity contribution in [3.05, 3.63) is 92.9 Å². The largest absolute Gasteiger partial charge is 0.417 e. The first-order valence-electron chi connectivity index (χ1n) is 12.6. The van der Waals surface area contributed by atoms with Gasteiger partial charge in [-0.2, -0.15) is 0 Å². The van der Waals surface area contributed by atoms with Crippen molar-refractivity contribution in [3.63, 3.8) is 0 Å². The van der Waals surface area contributed by atoms with Gasteiger partial charge in [0.05, 0.1) is 28.9 Å². The molecule has 6 rings (SSSR count). The molecule has 0 saturated carbocycles. The lowest BCUT2D eigenvalue weighted by atomic mass is 9.99. The van der Waals surface area contributed by atoms with Gasteiger partial charge in [-0.25, -0.2) is 4.79 Å². The number of carbonyl (C=O) groups excluding carboxylic acids is 2. The van der Waals surface area contributed by atoms with E-state index in [2.05, 4.69) is 27.6 Å². The van der Waals surface area contributed by atoms with Gasteiger partial charge in [0.1, 0.15) is 0 Å². The number of carbonyl (C=O) groups is 2. The van der Waals surface area contributed by atoms with Crippen LogP contribution < -0.4 is 16.4 Å². The second-order valence-corrected chi connectivity index (χ2v) is 10.2. The van der Waals surface area contributed by atoms with E-state index in [0.29, 0.717) is 50.6 Å². The summed E-state index contributed by atoms with van der Waals surface area (Å²) in [4.78, 5) is 44.5. The lowest BCUT2D eigenvalue weighted by Crippen LogP contribution is -2.47. The first-order chi connectivity index (χ1) is 18.8. The monoisotopic (exact) mass is 543 g/mol. The van der Waals surface area contributed by atoms with E-state index < -0.39 is 5.76 Å². The molecule has 39 heavy (non-hydrogen) atoms. The zero-order valence-corrected chi connectivity index (χ0v) is 22.0. The van der Waals surface area contributed by atoms with Gasteiger partial charge in [-0.05, 0) is 55.1 Å². The van der Waals surface area contributed by atoms with Gasteiger partial charge in [0.25, 0.3) is 5.91 Å². The van der Waals surface area contributed by atoms with Crippen LogP contribution in [0.4, 0.5) is 11.4 Å². The number of hydrogen-bond acceptors (Lipinski definition) is 6. The number of nitrogens with one attached hydrogen (secondary N) is 3. The number of H-pyrrole nitrogens is 1. The molecule has 1 aromatic heterocycles. The Morgan fingerprint density at radius 1 is 1.00 bits per heavy atom. The van der Waals surface area contributed by atoms with Crippen LogP contribution >= 0.6 is 11.6 Å². The zero-order chi connectivity index (χ0) is 27.1. The number of nitrogens with zero attached hydrogens (tertiary/aromatic N) is 2. The third-order valence-corrected chi connectivity index (χ3v) is 7.35. The van der Waals surface area contributed by atoms with Crippen molar-refractivity contribution >= 4 is 57.2 Å². The summed E-state index contributed by atoms with van der Waals surface area (Å²) >= 11 is 6.16. The summed E-state index contributed by atoms with van der Waals surface area (Å²) in [5, 5.41) is 6.81. The minimum Gasteiger partial charge on any atom is -0.408 e. The fourth-order valence-corrected chi connectivity index (χ4v) is 5.14. The highest BCUT2D eigenvalue weighted by Gasteiger charge is 2.29. The fourth-order valence-electron chi connectivity index (χ4n) is 4.97. The average Bonchev–Trinajstić information content (AvgIpc) is 3.45.